The van der Waals surface area contributed by atoms with Gasteiger partial charge in [-0.15, -0.1) is 0 Å². The molecule has 0 radical (unpaired) electrons. The van der Waals surface area contributed by atoms with Crippen LogP contribution in [0.3, 0.4) is 0 Å². The average Bonchev–Trinajstić information content (AvgIpc) is 2.87. The van der Waals surface area contributed by atoms with Crippen LogP contribution in [0.2, 0.25) is 0 Å². The van der Waals surface area contributed by atoms with E-state index in [1.807, 2.05) is 13.8 Å². The summed E-state index contributed by atoms with van der Waals surface area (Å²) in [4.78, 5) is 24.7. The van der Waals surface area contributed by atoms with Crippen molar-refractivity contribution in [2.45, 2.75) is 26.0 Å². The fourth-order valence-electron chi connectivity index (χ4n) is 2.21. The van der Waals surface area contributed by atoms with Crippen molar-refractivity contribution < 1.29 is 19.4 Å². The van der Waals surface area contributed by atoms with Gasteiger partial charge in [-0.05, 0) is 13.8 Å². The Morgan fingerprint density at radius 1 is 1.57 bits per heavy atom. The van der Waals surface area contributed by atoms with Crippen LogP contribution in [0.5, 0.6) is 0 Å². The quantitative estimate of drug-likeness (QED) is 0.805. The first kappa shape index (κ1) is 15.5. The molecule has 1 aromatic rings. The first-order valence-corrected chi connectivity index (χ1v) is 6.87. The van der Waals surface area contributed by atoms with Gasteiger partial charge in [0.05, 0.1) is 19.3 Å². The maximum absolute atomic E-state index is 12.0. The zero-order valence-corrected chi connectivity index (χ0v) is 12.2. The standard InChI is InChI=1S/C13H20N4O4/c1-9(2)17-11(3-4-14-17)15-12(18)8-16-5-6-21-10(7-16)13(19)20/h3-4,9-10H,5-8H2,1-2H3,(H,15,18)(H,19,20). The summed E-state index contributed by atoms with van der Waals surface area (Å²) in [5.41, 5.74) is 0. The molecule has 0 aromatic carbocycles. The summed E-state index contributed by atoms with van der Waals surface area (Å²) in [6.45, 7) is 5.15. The molecule has 2 heterocycles. The number of ether oxygens (including phenoxy) is 1. The van der Waals surface area contributed by atoms with E-state index < -0.39 is 12.1 Å². The fraction of sp³-hybridized carbons (Fsp3) is 0.615. The normalized spacial score (nSPS) is 19.7. The topological polar surface area (TPSA) is 96.7 Å². The lowest BCUT2D eigenvalue weighted by molar-refractivity contribution is -0.156. The predicted molar refractivity (Wildman–Crippen MR) is 75.1 cm³/mol. The lowest BCUT2D eigenvalue weighted by Gasteiger charge is -2.30. The Bertz CT molecular complexity index is 514. The van der Waals surface area contributed by atoms with Crippen LogP contribution in [0.1, 0.15) is 19.9 Å². The van der Waals surface area contributed by atoms with Crippen LogP contribution in [-0.4, -0.2) is 64.0 Å². The predicted octanol–water partition coefficient (Wildman–Crippen LogP) is 0.188. The molecule has 1 aliphatic rings. The van der Waals surface area contributed by atoms with E-state index in [2.05, 4.69) is 10.4 Å². The number of carbonyl (C=O) groups is 2. The summed E-state index contributed by atoms with van der Waals surface area (Å²) in [5, 5.41) is 15.9. The minimum absolute atomic E-state index is 0.135. The van der Waals surface area contributed by atoms with E-state index in [0.29, 0.717) is 19.0 Å². The molecule has 0 bridgehead atoms. The first-order valence-electron chi connectivity index (χ1n) is 6.87. The Kier molecular flexibility index (Phi) is 4.92. The molecule has 21 heavy (non-hydrogen) atoms. The van der Waals surface area contributed by atoms with Crippen LogP contribution >= 0.6 is 0 Å². The highest BCUT2D eigenvalue weighted by Gasteiger charge is 2.27. The summed E-state index contributed by atoms with van der Waals surface area (Å²) < 4.78 is 6.84. The highest BCUT2D eigenvalue weighted by atomic mass is 16.5. The van der Waals surface area contributed by atoms with Crippen LogP contribution in [0.25, 0.3) is 0 Å². The SMILES string of the molecule is CC(C)n1nccc1NC(=O)CN1CCOC(C(=O)O)C1. The smallest absolute Gasteiger partial charge is 0.334 e. The molecular formula is C13H20N4O4. The van der Waals surface area contributed by atoms with E-state index in [9.17, 15) is 9.59 Å². The molecule has 116 valence electrons. The third-order valence-corrected chi connectivity index (χ3v) is 3.22. The number of morpholine rings is 1. The van der Waals surface area contributed by atoms with Crippen molar-refractivity contribution in [2.75, 3.05) is 31.6 Å². The molecule has 0 spiro atoms. The van der Waals surface area contributed by atoms with Gasteiger partial charge in [-0.3, -0.25) is 9.69 Å². The number of carbonyl (C=O) groups excluding carboxylic acids is 1. The van der Waals surface area contributed by atoms with Crippen LogP contribution in [0.4, 0.5) is 5.82 Å². The van der Waals surface area contributed by atoms with E-state index in [-0.39, 0.29) is 25.0 Å². The highest BCUT2D eigenvalue weighted by molar-refractivity contribution is 5.91. The number of nitrogens with zero attached hydrogens (tertiary/aromatic N) is 3. The van der Waals surface area contributed by atoms with E-state index >= 15 is 0 Å². The van der Waals surface area contributed by atoms with Gasteiger partial charge in [0.2, 0.25) is 5.91 Å². The zero-order chi connectivity index (χ0) is 15.4. The lowest BCUT2D eigenvalue weighted by Crippen LogP contribution is -2.48. The maximum Gasteiger partial charge on any atom is 0.334 e. The third kappa shape index (κ3) is 4.02. The van der Waals surface area contributed by atoms with Gasteiger partial charge in [0.25, 0.3) is 0 Å². The molecule has 2 N–H and O–H groups in total. The van der Waals surface area contributed by atoms with Gasteiger partial charge in [0.1, 0.15) is 5.82 Å². The monoisotopic (exact) mass is 296 g/mol. The zero-order valence-electron chi connectivity index (χ0n) is 12.2. The first-order chi connectivity index (χ1) is 9.97. The molecule has 1 aliphatic heterocycles. The van der Waals surface area contributed by atoms with Gasteiger partial charge in [0, 0.05) is 25.2 Å². The Morgan fingerprint density at radius 2 is 2.33 bits per heavy atom. The number of rotatable bonds is 5. The van der Waals surface area contributed by atoms with Crippen molar-refractivity contribution in [1.29, 1.82) is 0 Å². The molecule has 0 aliphatic carbocycles. The third-order valence-electron chi connectivity index (χ3n) is 3.22. The number of nitrogens with one attached hydrogen (secondary N) is 1. The van der Waals surface area contributed by atoms with Gasteiger partial charge in [-0.1, -0.05) is 0 Å². The minimum atomic E-state index is -1.00. The van der Waals surface area contributed by atoms with Crippen molar-refractivity contribution >= 4 is 17.7 Å². The average molecular weight is 296 g/mol. The van der Waals surface area contributed by atoms with Gasteiger partial charge < -0.3 is 15.2 Å². The Morgan fingerprint density at radius 3 is 3.00 bits per heavy atom. The molecule has 2 rings (SSSR count). The Hall–Kier alpha value is -1.93. The van der Waals surface area contributed by atoms with Gasteiger partial charge in [-0.25, -0.2) is 9.48 Å². The molecule has 8 heteroatoms. The molecular weight excluding hydrogens is 276 g/mol. The number of carboxylic acid groups (broad SMARTS) is 1. The molecule has 0 saturated carbocycles. The summed E-state index contributed by atoms with van der Waals surface area (Å²) >= 11 is 0. The lowest BCUT2D eigenvalue weighted by atomic mass is 10.2. The minimum Gasteiger partial charge on any atom is -0.479 e. The van der Waals surface area contributed by atoms with Crippen molar-refractivity contribution in [3.8, 4) is 0 Å². The van der Waals surface area contributed by atoms with E-state index in [1.165, 1.54) is 0 Å². The van der Waals surface area contributed by atoms with Crippen LogP contribution in [-0.2, 0) is 14.3 Å². The van der Waals surface area contributed by atoms with Gasteiger partial charge in [-0.2, -0.15) is 5.10 Å². The molecule has 1 aromatic heterocycles. The number of aromatic nitrogens is 2. The molecule has 1 fully saturated rings. The fourth-order valence-corrected chi connectivity index (χ4v) is 2.21. The highest BCUT2D eigenvalue weighted by Crippen LogP contribution is 2.13. The number of anilines is 1. The largest absolute Gasteiger partial charge is 0.479 e. The summed E-state index contributed by atoms with van der Waals surface area (Å²) in [6, 6.07) is 1.88. The summed E-state index contributed by atoms with van der Waals surface area (Å²) in [7, 11) is 0. The summed E-state index contributed by atoms with van der Waals surface area (Å²) in [6.07, 6.45) is 0.762. The number of hydrogen-bond acceptors (Lipinski definition) is 5. The Labute approximate surface area is 122 Å². The molecule has 8 nitrogen and oxygen atoms in total. The molecule has 1 saturated heterocycles. The van der Waals surface area contributed by atoms with Crippen LogP contribution in [0.15, 0.2) is 12.3 Å². The van der Waals surface area contributed by atoms with E-state index in [0.717, 1.165) is 0 Å². The number of hydrogen-bond donors (Lipinski definition) is 2. The molecule has 1 atom stereocenters. The van der Waals surface area contributed by atoms with Gasteiger partial charge in [0.15, 0.2) is 6.10 Å². The van der Waals surface area contributed by atoms with Crippen molar-refractivity contribution in [3.63, 3.8) is 0 Å². The maximum atomic E-state index is 12.0. The molecule has 1 amide bonds. The van der Waals surface area contributed by atoms with E-state index in [4.69, 9.17) is 9.84 Å². The summed E-state index contributed by atoms with van der Waals surface area (Å²) in [5.74, 6) is -0.556. The Balaban J connectivity index is 1.89. The second kappa shape index (κ2) is 6.68. The number of amides is 1. The molecule has 1 unspecified atom stereocenters. The van der Waals surface area contributed by atoms with Crippen LogP contribution < -0.4 is 5.32 Å². The van der Waals surface area contributed by atoms with Crippen LogP contribution in [0, 0.1) is 0 Å². The van der Waals surface area contributed by atoms with Gasteiger partial charge >= 0.3 is 5.97 Å². The number of carboxylic acids is 1. The second-order valence-corrected chi connectivity index (χ2v) is 5.24. The van der Waals surface area contributed by atoms with Crippen molar-refractivity contribution in [2.24, 2.45) is 0 Å². The van der Waals surface area contributed by atoms with Crippen molar-refractivity contribution in [3.05, 3.63) is 12.3 Å². The second-order valence-electron chi connectivity index (χ2n) is 5.24. The number of aliphatic carboxylic acids is 1. The van der Waals surface area contributed by atoms with E-state index in [1.54, 1.807) is 21.8 Å². The van der Waals surface area contributed by atoms with Crippen molar-refractivity contribution in [1.82, 2.24) is 14.7 Å².